The van der Waals surface area contributed by atoms with Gasteiger partial charge in [0.05, 0.1) is 6.04 Å². The van der Waals surface area contributed by atoms with Crippen LogP contribution >= 0.6 is 11.6 Å². The van der Waals surface area contributed by atoms with E-state index in [-0.39, 0.29) is 11.9 Å². The lowest BCUT2D eigenvalue weighted by molar-refractivity contribution is 0.0931. The molecular weight excluding hydrogens is 442 g/mol. The molecule has 0 radical (unpaired) electrons. The van der Waals surface area contributed by atoms with Crippen LogP contribution in [0.4, 0.5) is 0 Å². The number of hydrogen-bond donors (Lipinski definition) is 1. The molecule has 1 amide bonds. The fourth-order valence-electron chi connectivity index (χ4n) is 4.22. The van der Waals surface area contributed by atoms with Crippen LogP contribution in [0.1, 0.15) is 54.8 Å². The first-order valence-electron chi connectivity index (χ1n) is 11.8. The molecule has 4 rings (SSSR count). The third-order valence-corrected chi connectivity index (χ3v) is 6.27. The van der Waals surface area contributed by atoms with Crippen molar-refractivity contribution >= 4 is 17.5 Å². The molecule has 0 aliphatic carbocycles. The fraction of sp³-hybridized carbons (Fsp3) is 0.241. The van der Waals surface area contributed by atoms with Gasteiger partial charge in [-0.25, -0.2) is 4.98 Å². The number of hydrogen-bond acceptors (Lipinski definition) is 2. The summed E-state index contributed by atoms with van der Waals surface area (Å²) in [6.07, 6.45) is 2.13. The number of aryl methyl sites for hydroxylation is 1. The van der Waals surface area contributed by atoms with Crippen molar-refractivity contribution in [2.45, 2.75) is 46.2 Å². The van der Waals surface area contributed by atoms with Crippen LogP contribution in [0.5, 0.6) is 0 Å². The molecule has 34 heavy (non-hydrogen) atoms. The zero-order valence-corrected chi connectivity index (χ0v) is 20.6. The standard InChI is InChI=1S/C29H30ClN3O/c1-4-9-21-12-14-23(15-13-21)26-27(29(34)31-20(3)22-16-18-25(30)19-17-22)33(5-2)28(32-26)24-10-7-6-8-11-24/h6-8,10-20H,4-5,9H2,1-3H3,(H,31,34). The molecule has 1 atom stereocenters. The van der Waals surface area contributed by atoms with E-state index in [9.17, 15) is 4.79 Å². The zero-order valence-electron chi connectivity index (χ0n) is 19.9. The molecule has 0 bridgehead atoms. The van der Waals surface area contributed by atoms with Gasteiger partial charge in [0.15, 0.2) is 0 Å². The van der Waals surface area contributed by atoms with Crippen molar-refractivity contribution in [2.24, 2.45) is 0 Å². The second-order valence-electron chi connectivity index (χ2n) is 8.44. The minimum Gasteiger partial charge on any atom is -0.344 e. The van der Waals surface area contributed by atoms with E-state index in [1.165, 1.54) is 5.56 Å². The predicted octanol–water partition coefficient (Wildman–Crippen LogP) is 7.33. The highest BCUT2D eigenvalue weighted by Crippen LogP contribution is 2.30. The quantitative estimate of drug-likeness (QED) is 0.292. The molecule has 4 aromatic rings. The monoisotopic (exact) mass is 471 g/mol. The first-order chi connectivity index (χ1) is 16.5. The predicted molar refractivity (Wildman–Crippen MR) is 140 cm³/mol. The molecule has 0 fully saturated rings. The minimum absolute atomic E-state index is 0.147. The number of nitrogens with zero attached hydrogens (tertiary/aromatic N) is 2. The van der Waals surface area contributed by atoms with Crippen LogP contribution < -0.4 is 5.32 Å². The average molecular weight is 472 g/mol. The van der Waals surface area contributed by atoms with Gasteiger partial charge in [-0.1, -0.05) is 91.7 Å². The molecule has 1 N–H and O–H groups in total. The number of aromatic nitrogens is 2. The van der Waals surface area contributed by atoms with Gasteiger partial charge in [-0.2, -0.15) is 0 Å². The number of imidazole rings is 1. The van der Waals surface area contributed by atoms with E-state index in [1.807, 2.05) is 73.0 Å². The molecule has 1 heterocycles. The Morgan fingerprint density at radius 2 is 1.62 bits per heavy atom. The van der Waals surface area contributed by atoms with Crippen LogP contribution in [0.2, 0.25) is 5.02 Å². The number of carbonyl (C=O) groups is 1. The van der Waals surface area contributed by atoms with E-state index in [2.05, 4.69) is 36.5 Å². The first-order valence-corrected chi connectivity index (χ1v) is 12.2. The summed E-state index contributed by atoms with van der Waals surface area (Å²) in [6, 6.07) is 25.8. The normalized spacial score (nSPS) is 11.9. The Labute approximate surface area is 206 Å². The number of benzene rings is 3. The van der Waals surface area contributed by atoms with Gasteiger partial charge < -0.3 is 9.88 Å². The van der Waals surface area contributed by atoms with Crippen molar-refractivity contribution < 1.29 is 4.79 Å². The Kier molecular flexibility index (Phi) is 7.49. The van der Waals surface area contributed by atoms with Crippen molar-refractivity contribution in [3.8, 4) is 22.6 Å². The second kappa shape index (κ2) is 10.7. The Hall–Kier alpha value is -3.37. The van der Waals surface area contributed by atoms with Crippen LogP contribution in [-0.4, -0.2) is 15.5 Å². The Morgan fingerprint density at radius 1 is 0.941 bits per heavy atom. The van der Waals surface area contributed by atoms with Gasteiger partial charge in [-0.15, -0.1) is 0 Å². The molecule has 5 heteroatoms. The van der Waals surface area contributed by atoms with Gasteiger partial charge >= 0.3 is 0 Å². The highest BCUT2D eigenvalue weighted by Gasteiger charge is 2.25. The zero-order chi connectivity index (χ0) is 24.1. The fourth-order valence-corrected chi connectivity index (χ4v) is 4.34. The number of nitrogens with one attached hydrogen (secondary N) is 1. The van der Waals surface area contributed by atoms with Gasteiger partial charge in [0.1, 0.15) is 17.2 Å². The molecule has 0 spiro atoms. The Balaban J connectivity index is 1.77. The average Bonchev–Trinajstić information content (AvgIpc) is 3.25. The summed E-state index contributed by atoms with van der Waals surface area (Å²) in [5.74, 6) is 0.645. The largest absolute Gasteiger partial charge is 0.344 e. The van der Waals surface area contributed by atoms with E-state index in [4.69, 9.17) is 16.6 Å². The second-order valence-corrected chi connectivity index (χ2v) is 8.87. The van der Waals surface area contributed by atoms with Crippen molar-refractivity contribution in [2.75, 3.05) is 0 Å². The van der Waals surface area contributed by atoms with E-state index >= 15 is 0 Å². The maximum Gasteiger partial charge on any atom is 0.270 e. The van der Waals surface area contributed by atoms with Crippen molar-refractivity contribution in [3.63, 3.8) is 0 Å². The van der Waals surface area contributed by atoms with Gasteiger partial charge in [-0.3, -0.25) is 4.79 Å². The van der Waals surface area contributed by atoms with Crippen molar-refractivity contribution in [1.82, 2.24) is 14.9 Å². The van der Waals surface area contributed by atoms with Crippen LogP contribution in [-0.2, 0) is 13.0 Å². The lowest BCUT2D eigenvalue weighted by Gasteiger charge is -2.16. The molecule has 1 unspecified atom stereocenters. The van der Waals surface area contributed by atoms with Crippen LogP contribution in [0.15, 0.2) is 78.9 Å². The number of halogens is 1. The lowest BCUT2D eigenvalue weighted by atomic mass is 10.0. The Bertz CT molecular complexity index is 1250. The highest BCUT2D eigenvalue weighted by atomic mass is 35.5. The van der Waals surface area contributed by atoms with E-state index in [1.54, 1.807) is 0 Å². The van der Waals surface area contributed by atoms with E-state index in [0.717, 1.165) is 35.4 Å². The van der Waals surface area contributed by atoms with Crippen LogP contribution in [0.3, 0.4) is 0 Å². The van der Waals surface area contributed by atoms with Crippen molar-refractivity contribution in [1.29, 1.82) is 0 Å². The summed E-state index contributed by atoms with van der Waals surface area (Å²) in [5, 5.41) is 3.84. The summed E-state index contributed by atoms with van der Waals surface area (Å²) >= 11 is 6.04. The lowest BCUT2D eigenvalue weighted by Crippen LogP contribution is -2.29. The van der Waals surface area contributed by atoms with Gasteiger partial charge in [0, 0.05) is 22.7 Å². The number of amides is 1. The summed E-state index contributed by atoms with van der Waals surface area (Å²) in [4.78, 5) is 18.7. The Morgan fingerprint density at radius 3 is 2.24 bits per heavy atom. The first kappa shape index (κ1) is 23.8. The smallest absolute Gasteiger partial charge is 0.270 e. The molecule has 0 aliphatic rings. The van der Waals surface area contributed by atoms with Gasteiger partial charge in [0.2, 0.25) is 0 Å². The number of carbonyl (C=O) groups excluding carboxylic acids is 1. The molecule has 174 valence electrons. The summed E-state index contributed by atoms with van der Waals surface area (Å²) in [5.41, 5.74) is 5.47. The molecule has 1 aromatic heterocycles. The maximum atomic E-state index is 13.7. The summed E-state index contributed by atoms with van der Waals surface area (Å²) < 4.78 is 2.01. The summed E-state index contributed by atoms with van der Waals surface area (Å²) in [7, 11) is 0. The number of rotatable bonds is 8. The molecular formula is C29H30ClN3O. The van der Waals surface area contributed by atoms with Crippen molar-refractivity contribution in [3.05, 3.63) is 101 Å². The van der Waals surface area contributed by atoms with Crippen LogP contribution in [0, 0.1) is 0 Å². The molecule has 0 aliphatic heterocycles. The maximum absolute atomic E-state index is 13.7. The summed E-state index contributed by atoms with van der Waals surface area (Å²) in [6.45, 7) is 6.82. The molecule has 3 aromatic carbocycles. The minimum atomic E-state index is -0.176. The van der Waals surface area contributed by atoms with Gasteiger partial charge in [-0.05, 0) is 43.5 Å². The topological polar surface area (TPSA) is 46.9 Å². The van der Waals surface area contributed by atoms with Gasteiger partial charge in [0.25, 0.3) is 5.91 Å². The third-order valence-electron chi connectivity index (χ3n) is 6.01. The third kappa shape index (κ3) is 5.07. The molecule has 0 saturated heterocycles. The highest BCUT2D eigenvalue weighted by molar-refractivity contribution is 6.30. The molecule has 0 saturated carbocycles. The molecule has 4 nitrogen and oxygen atoms in total. The SMILES string of the molecule is CCCc1ccc(-c2nc(-c3ccccc3)n(CC)c2C(=O)NC(C)c2ccc(Cl)cc2)cc1. The van der Waals surface area contributed by atoms with Crippen LogP contribution in [0.25, 0.3) is 22.6 Å². The van der Waals surface area contributed by atoms with E-state index in [0.29, 0.717) is 23.0 Å². The van der Waals surface area contributed by atoms with E-state index < -0.39 is 0 Å².